The van der Waals surface area contributed by atoms with Crippen molar-refractivity contribution in [2.45, 2.75) is 20.3 Å². The van der Waals surface area contributed by atoms with Crippen LogP contribution in [0.1, 0.15) is 19.4 Å². The third-order valence-corrected chi connectivity index (χ3v) is 3.65. The van der Waals surface area contributed by atoms with Gasteiger partial charge in [-0.3, -0.25) is 0 Å². The summed E-state index contributed by atoms with van der Waals surface area (Å²) < 4.78 is 5.25. The van der Waals surface area contributed by atoms with Gasteiger partial charge in [0.25, 0.3) is 0 Å². The van der Waals surface area contributed by atoms with Gasteiger partial charge in [0.2, 0.25) is 0 Å². The van der Waals surface area contributed by atoms with Gasteiger partial charge in [-0.05, 0) is 36.0 Å². The van der Waals surface area contributed by atoms with Crippen LogP contribution < -0.4 is 10.1 Å². The largest absolute Gasteiger partial charge is 0.495 e. The number of methoxy groups -OCH3 is 1. The van der Waals surface area contributed by atoms with Crippen molar-refractivity contribution in [1.29, 1.82) is 0 Å². The zero-order valence-corrected chi connectivity index (χ0v) is 10.8. The molecule has 0 fully saturated rings. The normalized spacial score (nSPS) is 19.2. The van der Waals surface area contributed by atoms with Crippen LogP contribution in [0.3, 0.4) is 0 Å². The van der Waals surface area contributed by atoms with E-state index in [9.17, 15) is 0 Å². The smallest absolute Gasteiger partial charge is 0.137 e. The number of hydrogen-bond acceptors (Lipinski definition) is 2. The second-order valence-corrected chi connectivity index (χ2v) is 5.14. The van der Waals surface area contributed by atoms with E-state index in [1.807, 2.05) is 6.07 Å². The van der Waals surface area contributed by atoms with Gasteiger partial charge in [0, 0.05) is 12.2 Å². The van der Waals surface area contributed by atoms with Crippen LogP contribution >= 0.6 is 11.6 Å². The lowest BCUT2D eigenvalue weighted by Crippen LogP contribution is -2.27. The fourth-order valence-electron chi connectivity index (χ4n) is 2.15. The summed E-state index contributed by atoms with van der Waals surface area (Å²) in [5.41, 5.74) is 2.47. The predicted octanol–water partition coefficient (Wildman–Crippen LogP) is 3.59. The molecular weight excluding hydrogens is 222 g/mol. The number of fused-ring (bicyclic) bond motifs is 1. The molecule has 3 heteroatoms. The molecule has 1 unspecified atom stereocenters. The fraction of sp³-hybridized carbons (Fsp3) is 0.538. The number of hydrogen-bond donors (Lipinski definition) is 1. The summed E-state index contributed by atoms with van der Waals surface area (Å²) in [6.45, 7) is 5.57. The summed E-state index contributed by atoms with van der Waals surface area (Å²) in [7, 11) is 1.66. The summed E-state index contributed by atoms with van der Waals surface area (Å²) in [5, 5.41) is 4.12. The summed E-state index contributed by atoms with van der Waals surface area (Å²) in [5.74, 6) is 2.16. The maximum atomic E-state index is 6.10. The lowest BCUT2D eigenvalue weighted by Gasteiger charge is -2.29. The molecule has 0 saturated heterocycles. The van der Waals surface area contributed by atoms with Crippen LogP contribution in [0.25, 0.3) is 0 Å². The fourth-order valence-corrected chi connectivity index (χ4v) is 2.39. The molecule has 1 N–H and O–H groups in total. The van der Waals surface area contributed by atoms with Crippen molar-refractivity contribution in [3.05, 3.63) is 22.7 Å². The first-order valence-electron chi connectivity index (χ1n) is 5.72. The monoisotopic (exact) mass is 239 g/mol. The van der Waals surface area contributed by atoms with Gasteiger partial charge < -0.3 is 10.1 Å². The lowest BCUT2D eigenvalue weighted by molar-refractivity contribution is 0.389. The van der Waals surface area contributed by atoms with E-state index in [0.717, 1.165) is 24.4 Å². The van der Waals surface area contributed by atoms with E-state index in [1.54, 1.807) is 7.11 Å². The van der Waals surface area contributed by atoms with Crippen molar-refractivity contribution in [3.8, 4) is 5.75 Å². The Labute approximate surface area is 102 Å². The molecule has 1 heterocycles. The van der Waals surface area contributed by atoms with Gasteiger partial charge in [0.15, 0.2) is 0 Å². The third-order valence-electron chi connectivity index (χ3n) is 3.36. The number of halogens is 1. The predicted molar refractivity (Wildman–Crippen MR) is 68.5 cm³/mol. The van der Waals surface area contributed by atoms with Crippen LogP contribution in [0.5, 0.6) is 5.75 Å². The van der Waals surface area contributed by atoms with E-state index in [0.29, 0.717) is 16.9 Å². The quantitative estimate of drug-likeness (QED) is 0.852. The standard InChI is InChI=1S/C13H18ClNO/c1-8(2)10-4-9-5-13(16-3)11(14)6-12(9)15-7-10/h5-6,8,10,15H,4,7H2,1-3H3. The van der Waals surface area contributed by atoms with Crippen LogP contribution in [-0.4, -0.2) is 13.7 Å². The Kier molecular flexibility index (Phi) is 3.29. The van der Waals surface area contributed by atoms with Gasteiger partial charge in [-0.2, -0.15) is 0 Å². The third kappa shape index (κ3) is 2.12. The van der Waals surface area contributed by atoms with Gasteiger partial charge in [-0.15, -0.1) is 0 Å². The second-order valence-electron chi connectivity index (χ2n) is 4.73. The van der Waals surface area contributed by atoms with Gasteiger partial charge >= 0.3 is 0 Å². The van der Waals surface area contributed by atoms with Crippen molar-refractivity contribution in [2.24, 2.45) is 11.8 Å². The summed E-state index contributed by atoms with van der Waals surface area (Å²) in [4.78, 5) is 0. The minimum absolute atomic E-state index is 0.678. The molecule has 0 radical (unpaired) electrons. The second kappa shape index (κ2) is 4.54. The molecule has 1 aromatic rings. The van der Waals surface area contributed by atoms with E-state index in [2.05, 4.69) is 25.2 Å². The molecule has 1 aliphatic rings. The Bertz CT molecular complexity index is 390. The topological polar surface area (TPSA) is 21.3 Å². The number of benzene rings is 1. The molecule has 0 aromatic heterocycles. The minimum atomic E-state index is 0.678. The highest BCUT2D eigenvalue weighted by molar-refractivity contribution is 6.32. The van der Waals surface area contributed by atoms with Gasteiger partial charge in [-0.25, -0.2) is 0 Å². The molecule has 16 heavy (non-hydrogen) atoms. The molecule has 0 saturated carbocycles. The Morgan fingerprint density at radius 1 is 1.44 bits per heavy atom. The number of ether oxygens (including phenoxy) is 1. The summed E-state index contributed by atoms with van der Waals surface area (Å²) in [6.07, 6.45) is 1.10. The highest BCUT2D eigenvalue weighted by atomic mass is 35.5. The van der Waals surface area contributed by atoms with E-state index in [4.69, 9.17) is 16.3 Å². The van der Waals surface area contributed by atoms with Crippen molar-refractivity contribution in [1.82, 2.24) is 0 Å². The van der Waals surface area contributed by atoms with E-state index >= 15 is 0 Å². The van der Waals surface area contributed by atoms with E-state index in [-0.39, 0.29) is 0 Å². The zero-order chi connectivity index (χ0) is 11.7. The molecule has 0 amide bonds. The molecule has 1 aliphatic heterocycles. The molecular formula is C13H18ClNO. The maximum absolute atomic E-state index is 6.10. The Balaban J connectivity index is 2.30. The molecule has 88 valence electrons. The van der Waals surface area contributed by atoms with Crippen molar-refractivity contribution >= 4 is 17.3 Å². The molecule has 2 nitrogen and oxygen atoms in total. The van der Waals surface area contributed by atoms with Crippen LogP contribution in [0.2, 0.25) is 5.02 Å². The molecule has 0 bridgehead atoms. The van der Waals surface area contributed by atoms with E-state index < -0.39 is 0 Å². The first-order chi connectivity index (χ1) is 7.61. The molecule has 0 spiro atoms. The van der Waals surface area contributed by atoms with Gasteiger partial charge in [0.05, 0.1) is 12.1 Å². The van der Waals surface area contributed by atoms with Crippen molar-refractivity contribution < 1.29 is 4.74 Å². The Morgan fingerprint density at radius 2 is 2.19 bits per heavy atom. The Morgan fingerprint density at radius 3 is 2.81 bits per heavy atom. The molecule has 2 rings (SSSR count). The molecule has 1 aromatic carbocycles. The Hall–Kier alpha value is -0.890. The van der Waals surface area contributed by atoms with Gasteiger partial charge in [0.1, 0.15) is 5.75 Å². The minimum Gasteiger partial charge on any atom is -0.495 e. The van der Waals surface area contributed by atoms with Gasteiger partial charge in [-0.1, -0.05) is 25.4 Å². The zero-order valence-electron chi connectivity index (χ0n) is 10.0. The summed E-state index contributed by atoms with van der Waals surface area (Å²) in [6, 6.07) is 4.02. The number of rotatable bonds is 2. The van der Waals surface area contributed by atoms with Crippen LogP contribution in [0.4, 0.5) is 5.69 Å². The summed E-state index contributed by atoms with van der Waals surface area (Å²) >= 11 is 6.10. The first kappa shape index (κ1) is 11.6. The van der Waals surface area contributed by atoms with E-state index in [1.165, 1.54) is 5.56 Å². The SMILES string of the molecule is COc1cc2c(cc1Cl)NCC(C(C)C)C2. The van der Waals surface area contributed by atoms with Crippen LogP contribution in [0.15, 0.2) is 12.1 Å². The highest BCUT2D eigenvalue weighted by Gasteiger charge is 2.22. The average molecular weight is 240 g/mol. The maximum Gasteiger partial charge on any atom is 0.137 e. The van der Waals surface area contributed by atoms with Crippen LogP contribution in [-0.2, 0) is 6.42 Å². The highest BCUT2D eigenvalue weighted by Crippen LogP contribution is 2.35. The average Bonchev–Trinajstić information content (AvgIpc) is 2.27. The molecule has 0 aliphatic carbocycles. The van der Waals surface area contributed by atoms with Crippen molar-refractivity contribution in [2.75, 3.05) is 19.0 Å². The number of anilines is 1. The van der Waals surface area contributed by atoms with Crippen LogP contribution in [0, 0.1) is 11.8 Å². The number of nitrogens with one attached hydrogen (secondary N) is 1. The lowest BCUT2D eigenvalue weighted by atomic mass is 9.86. The van der Waals surface area contributed by atoms with Crippen molar-refractivity contribution in [3.63, 3.8) is 0 Å². The molecule has 1 atom stereocenters. The first-order valence-corrected chi connectivity index (χ1v) is 6.10.